The summed E-state index contributed by atoms with van der Waals surface area (Å²) in [6.45, 7) is 10.8. The molecule has 4 rings (SSSR count). The van der Waals surface area contributed by atoms with Crippen LogP contribution in [0.2, 0.25) is 0 Å². The number of ketones is 2. The van der Waals surface area contributed by atoms with Crippen molar-refractivity contribution in [2.24, 2.45) is 23.3 Å². The van der Waals surface area contributed by atoms with E-state index in [2.05, 4.69) is 44.8 Å². The number of fused-ring (bicyclic) bond motifs is 2. The molecule has 9 heteroatoms. The Balaban J connectivity index is 1.80. The van der Waals surface area contributed by atoms with Gasteiger partial charge in [0.1, 0.15) is 17.1 Å². The zero-order chi connectivity index (χ0) is 32.3. The molecule has 0 aliphatic heterocycles. The lowest BCUT2D eigenvalue weighted by atomic mass is 9.58. The number of nitrogens with two attached hydrogens (primary N) is 2. The number of rotatable bonds is 10. The van der Waals surface area contributed by atoms with Gasteiger partial charge in [-0.15, -0.1) is 0 Å². The van der Waals surface area contributed by atoms with Crippen molar-refractivity contribution >= 4 is 23.0 Å². The second-order valence-corrected chi connectivity index (χ2v) is 12.2. The maximum absolute atomic E-state index is 13.9. The quantitative estimate of drug-likeness (QED) is 0.173. The molecular formula is C35H43N3O6. The Morgan fingerprint density at radius 1 is 1.23 bits per heavy atom. The second kappa shape index (κ2) is 13.3. The van der Waals surface area contributed by atoms with Crippen LogP contribution in [0.4, 0.5) is 0 Å². The van der Waals surface area contributed by atoms with E-state index >= 15 is 0 Å². The van der Waals surface area contributed by atoms with Crippen molar-refractivity contribution in [3.63, 3.8) is 0 Å². The molecule has 1 amide bonds. The van der Waals surface area contributed by atoms with Gasteiger partial charge in [-0.25, -0.2) is 0 Å². The van der Waals surface area contributed by atoms with Gasteiger partial charge >= 0.3 is 0 Å². The van der Waals surface area contributed by atoms with Gasteiger partial charge < -0.3 is 32.1 Å². The predicted molar refractivity (Wildman–Crippen MR) is 170 cm³/mol. The van der Waals surface area contributed by atoms with Gasteiger partial charge in [-0.05, 0) is 59.4 Å². The van der Waals surface area contributed by atoms with Gasteiger partial charge in [0.05, 0.1) is 23.6 Å². The van der Waals surface area contributed by atoms with Crippen LogP contribution in [-0.2, 0) is 20.8 Å². The number of hydrogen-bond donors (Lipinski definition) is 6. The molecule has 3 atom stereocenters. The standard InChI is InChI=1S/C35H43N3O6/c1-5-9-23(18-38-19(2)3)25-12-7-6-10-21(25)14-22(11-8-13-39)26-17-35(37)16-24-15-27(40)29(34(36)44)32(42)28(24)33(43)30(35)31(41)20(26)4/h6-12,19,24,28,38-40,43H,4-5,13-18,37H2,1-3H3,(H2,36,44)/b11-8-,23-9-,26-22+/t24-,28?,35+/m1/s1. The lowest BCUT2D eigenvalue weighted by Crippen LogP contribution is -2.56. The van der Waals surface area contributed by atoms with Gasteiger partial charge in [0.2, 0.25) is 0 Å². The molecule has 0 saturated heterocycles. The number of amides is 1. The highest BCUT2D eigenvalue weighted by molar-refractivity contribution is 6.22. The maximum Gasteiger partial charge on any atom is 0.255 e. The van der Waals surface area contributed by atoms with Crippen molar-refractivity contribution in [3.8, 4) is 0 Å². The minimum absolute atomic E-state index is 0.0826. The van der Waals surface area contributed by atoms with Crippen molar-refractivity contribution in [2.75, 3.05) is 13.2 Å². The topological polar surface area (TPSA) is 176 Å². The van der Waals surface area contributed by atoms with Crippen molar-refractivity contribution < 1.29 is 29.7 Å². The minimum atomic E-state index is -1.35. The van der Waals surface area contributed by atoms with Crippen LogP contribution in [0.15, 0.2) is 88.5 Å². The fraction of sp³-hybridized carbons (Fsp3) is 0.400. The summed E-state index contributed by atoms with van der Waals surface area (Å²) >= 11 is 0. The van der Waals surface area contributed by atoms with Crippen LogP contribution in [-0.4, -0.2) is 57.5 Å². The Labute approximate surface area is 258 Å². The van der Waals surface area contributed by atoms with Gasteiger partial charge in [0.25, 0.3) is 5.91 Å². The van der Waals surface area contributed by atoms with Crippen LogP contribution in [0.3, 0.4) is 0 Å². The van der Waals surface area contributed by atoms with Crippen LogP contribution in [0, 0.1) is 11.8 Å². The lowest BCUT2D eigenvalue weighted by molar-refractivity contribution is -0.126. The third-order valence-corrected chi connectivity index (χ3v) is 8.73. The molecule has 1 aromatic rings. The molecule has 3 aliphatic rings. The molecule has 0 radical (unpaired) electrons. The average Bonchev–Trinajstić information content (AvgIpc) is 2.95. The first-order chi connectivity index (χ1) is 20.8. The summed E-state index contributed by atoms with van der Waals surface area (Å²) in [4.78, 5) is 38.9. The van der Waals surface area contributed by atoms with Crippen LogP contribution < -0.4 is 16.8 Å². The average molecular weight is 602 g/mol. The van der Waals surface area contributed by atoms with Gasteiger partial charge in [-0.3, -0.25) is 14.4 Å². The molecule has 0 aromatic heterocycles. The molecule has 1 unspecified atom stereocenters. The highest BCUT2D eigenvalue weighted by Gasteiger charge is 2.55. The van der Waals surface area contributed by atoms with Crippen molar-refractivity contribution in [1.29, 1.82) is 0 Å². The van der Waals surface area contributed by atoms with Crippen molar-refractivity contribution in [3.05, 3.63) is 99.6 Å². The summed E-state index contributed by atoms with van der Waals surface area (Å²) < 4.78 is 0. The Morgan fingerprint density at radius 3 is 2.57 bits per heavy atom. The molecule has 0 bridgehead atoms. The smallest absolute Gasteiger partial charge is 0.255 e. The zero-order valence-corrected chi connectivity index (χ0v) is 25.7. The normalized spacial score (nSPS) is 25.6. The second-order valence-electron chi connectivity index (χ2n) is 12.2. The molecule has 234 valence electrons. The van der Waals surface area contributed by atoms with Gasteiger partial charge in [-0.1, -0.05) is 69.8 Å². The van der Waals surface area contributed by atoms with Crippen molar-refractivity contribution in [2.45, 2.75) is 64.5 Å². The third kappa shape index (κ3) is 6.26. The summed E-state index contributed by atoms with van der Waals surface area (Å²) in [7, 11) is 0. The fourth-order valence-corrected chi connectivity index (χ4v) is 6.77. The number of aliphatic hydroxyl groups is 3. The first-order valence-electron chi connectivity index (χ1n) is 15.1. The summed E-state index contributed by atoms with van der Waals surface area (Å²) in [5.74, 6) is -5.24. The molecule has 9 nitrogen and oxygen atoms in total. The van der Waals surface area contributed by atoms with E-state index in [9.17, 15) is 29.7 Å². The Hall–Kier alpha value is -4.05. The first-order valence-corrected chi connectivity index (χ1v) is 15.1. The molecule has 0 spiro atoms. The number of nitrogens with one attached hydrogen (secondary N) is 1. The van der Waals surface area contributed by atoms with E-state index in [1.165, 1.54) is 0 Å². The van der Waals surface area contributed by atoms with E-state index in [1.807, 2.05) is 18.2 Å². The molecule has 44 heavy (non-hydrogen) atoms. The van der Waals surface area contributed by atoms with E-state index in [-0.39, 0.29) is 37.0 Å². The molecule has 1 saturated carbocycles. The van der Waals surface area contributed by atoms with Gasteiger partial charge in [0.15, 0.2) is 11.6 Å². The van der Waals surface area contributed by atoms with Gasteiger partial charge in [0, 0.05) is 24.6 Å². The van der Waals surface area contributed by atoms with E-state index < -0.39 is 51.9 Å². The fourth-order valence-electron chi connectivity index (χ4n) is 6.77. The van der Waals surface area contributed by atoms with Crippen molar-refractivity contribution in [1.82, 2.24) is 5.32 Å². The minimum Gasteiger partial charge on any atom is -0.511 e. The van der Waals surface area contributed by atoms with Crippen LogP contribution in [0.1, 0.15) is 57.6 Å². The maximum atomic E-state index is 13.9. The molecular weight excluding hydrogens is 558 g/mol. The van der Waals surface area contributed by atoms with E-state index in [0.717, 1.165) is 28.7 Å². The number of aliphatic hydroxyl groups excluding tert-OH is 3. The first kappa shape index (κ1) is 32.9. The van der Waals surface area contributed by atoms with Gasteiger partial charge in [-0.2, -0.15) is 0 Å². The summed E-state index contributed by atoms with van der Waals surface area (Å²) in [6, 6.07) is 8.36. The number of benzene rings is 1. The molecule has 1 fully saturated rings. The Morgan fingerprint density at radius 2 is 1.93 bits per heavy atom. The SMILES string of the molecule is C=C1C(=O)C2=C(O)C3C(=O)C(C(N)=O)=C(O)C[C@@H]3C[C@]2(N)C/C1=C(/C=C\CO)Cc1ccccc1/C(=C\CC)CNC(C)C. The van der Waals surface area contributed by atoms with E-state index in [4.69, 9.17) is 11.5 Å². The predicted octanol–water partition coefficient (Wildman–Crippen LogP) is 3.81. The lowest BCUT2D eigenvalue weighted by Gasteiger charge is -2.47. The third-order valence-electron chi connectivity index (χ3n) is 8.73. The molecule has 0 heterocycles. The van der Waals surface area contributed by atoms with Crippen LogP contribution in [0.5, 0.6) is 0 Å². The number of primary amides is 1. The molecule has 8 N–H and O–H groups in total. The highest BCUT2D eigenvalue weighted by atomic mass is 16.3. The number of Topliss-reactive ketones (excluding diaryl/α,β-unsaturated/α-hetero) is 2. The van der Waals surface area contributed by atoms with E-state index in [0.29, 0.717) is 24.6 Å². The summed E-state index contributed by atoms with van der Waals surface area (Å²) in [5, 5.41) is 35.0. The Kier molecular flexibility index (Phi) is 9.93. The number of carbonyl (C=O) groups excluding carboxylic acids is 3. The highest BCUT2D eigenvalue weighted by Crippen LogP contribution is 2.51. The Bertz CT molecular complexity index is 1540. The monoisotopic (exact) mass is 601 g/mol. The summed E-state index contributed by atoms with van der Waals surface area (Å²) in [5.41, 5.74) is 15.0. The number of allylic oxidation sites excluding steroid dienone is 6. The van der Waals surface area contributed by atoms with Crippen LogP contribution in [0.25, 0.3) is 5.57 Å². The zero-order valence-electron chi connectivity index (χ0n) is 25.7. The largest absolute Gasteiger partial charge is 0.511 e. The molecule has 3 aliphatic carbocycles. The summed E-state index contributed by atoms with van der Waals surface area (Å²) in [6.07, 6.45) is 7.03. The number of carbonyl (C=O) groups is 3. The van der Waals surface area contributed by atoms with Crippen LogP contribution >= 0.6 is 0 Å². The van der Waals surface area contributed by atoms with E-state index in [1.54, 1.807) is 12.2 Å². The number of hydrogen-bond acceptors (Lipinski definition) is 8. The molecule has 1 aromatic carbocycles.